The van der Waals surface area contributed by atoms with Crippen molar-refractivity contribution < 1.29 is 23.9 Å². The van der Waals surface area contributed by atoms with Gasteiger partial charge in [-0.25, -0.2) is 0 Å². The van der Waals surface area contributed by atoms with Crippen LogP contribution in [0.2, 0.25) is 0 Å². The summed E-state index contributed by atoms with van der Waals surface area (Å²) in [6, 6.07) is 12.0. The predicted molar refractivity (Wildman–Crippen MR) is 117 cm³/mol. The first kappa shape index (κ1) is 21.4. The third-order valence-electron chi connectivity index (χ3n) is 4.95. The first-order chi connectivity index (χ1) is 15.5. The molecule has 0 radical (unpaired) electrons. The lowest BCUT2D eigenvalue weighted by Gasteiger charge is -2.12. The van der Waals surface area contributed by atoms with Crippen LogP contribution in [0, 0.1) is 0 Å². The molecule has 32 heavy (non-hydrogen) atoms. The zero-order chi connectivity index (χ0) is 22.7. The number of fused-ring (bicyclic) bond motifs is 1. The van der Waals surface area contributed by atoms with Crippen LogP contribution < -0.4 is 14.8 Å². The van der Waals surface area contributed by atoms with Gasteiger partial charge < -0.3 is 14.8 Å². The van der Waals surface area contributed by atoms with E-state index in [-0.39, 0.29) is 30.7 Å². The fourth-order valence-corrected chi connectivity index (χ4v) is 4.14. The molecule has 164 valence electrons. The van der Waals surface area contributed by atoms with Gasteiger partial charge in [0, 0.05) is 13.0 Å². The number of imide groups is 1. The molecule has 1 aromatic heterocycles. The Morgan fingerprint density at radius 3 is 2.34 bits per heavy atom. The zero-order valence-electron chi connectivity index (χ0n) is 17.5. The van der Waals surface area contributed by atoms with Gasteiger partial charge in [-0.3, -0.25) is 19.3 Å². The summed E-state index contributed by atoms with van der Waals surface area (Å²) in [6.45, 7) is 0.195. The normalized spacial score (nSPS) is 12.6. The largest absolute Gasteiger partial charge is 0.493 e. The van der Waals surface area contributed by atoms with E-state index >= 15 is 0 Å². The molecule has 1 aliphatic heterocycles. The molecular formula is C22H20N4O5S. The van der Waals surface area contributed by atoms with Gasteiger partial charge in [-0.05, 0) is 29.8 Å². The van der Waals surface area contributed by atoms with Crippen LogP contribution in [0.3, 0.4) is 0 Å². The molecule has 0 atom stereocenters. The van der Waals surface area contributed by atoms with Crippen molar-refractivity contribution in [2.24, 2.45) is 0 Å². The number of rotatable bonds is 8. The molecule has 2 aromatic carbocycles. The van der Waals surface area contributed by atoms with Gasteiger partial charge in [0.15, 0.2) is 11.5 Å². The summed E-state index contributed by atoms with van der Waals surface area (Å²) >= 11 is 1.21. The van der Waals surface area contributed by atoms with Gasteiger partial charge in [0.2, 0.25) is 11.0 Å². The SMILES string of the molecule is COc1ccc(CC(=O)Nc2nnc(CCN3C(=O)c4ccccc4C3=O)s2)cc1OC. The van der Waals surface area contributed by atoms with Crippen molar-refractivity contribution in [3.05, 3.63) is 64.2 Å². The third kappa shape index (κ3) is 4.30. The van der Waals surface area contributed by atoms with Crippen molar-refractivity contribution >= 4 is 34.2 Å². The van der Waals surface area contributed by atoms with Crippen molar-refractivity contribution in [3.8, 4) is 11.5 Å². The fraction of sp³-hybridized carbons (Fsp3) is 0.227. The average Bonchev–Trinajstić information content (AvgIpc) is 3.34. The highest BCUT2D eigenvalue weighted by Gasteiger charge is 2.34. The van der Waals surface area contributed by atoms with E-state index in [0.717, 1.165) is 5.56 Å². The lowest BCUT2D eigenvalue weighted by molar-refractivity contribution is -0.115. The fourth-order valence-electron chi connectivity index (χ4n) is 3.39. The number of hydrogen-bond acceptors (Lipinski definition) is 8. The predicted octanol–water partition coefficient (Wildman–Crippen LogP) is 2.58. The minimum atomic E-state index is -0.307. The first-order valence-corrected chi connectivity index (χ1v) is 10.6. The smallest absolute Gasteiger partial charge is 0.261 e. The van der Waals surface area contributed by atoms with E-state index in [1.165, 1.54) is 23.3 Å². The third-order valence-corrected chi connectivity index (χ3v) is 5.85. The molecule has 0 saturated heterocycles. The minimum Gasteiger partial charge on any atom is -0.493 e. The highest BCUT2D eigenvalue weighted by Crippen LogP contribution is 2.28. The Balaban J connectivity index is 1.33. The maximum absolute atomic E-state index is 12.4. The lowest BCUT2D eigenvalue weighted by Crippen LogP contribution is -2.31. The molecule has 9 nitrogen and oxygen atoms in total. The van der Waals surface area contributed by atoms with E-state index in [1.54, 1.807) is 49.6 Å². The summed E-state index contributed by atoms with van der Waals surface area (Å²) in [5, 5.41) is 11.7. The molecule has 0 spiro atoms. The second-order valence-corrected chi connectivity index (χ2v) is 8.03. The van der Waals surface area contributed by atoms with Crippen LogP contribution in [0.4, 0.5) is 5.13 Å². The Morgan fingerprint density at radius 1 is 1.00 bits per heavy atom. The molecule has 10 heteroatoms. The average molecular weight is 452 g/mol. The Kier molecular flexibility index (Phi) is 6.13. The molecule has 0 bridgehead atoms. The number of nitrogens with one attached hydrogen (secondary N) is 1. The summed E-state index contributed by atoms with van der Waals surface area (Å²) in [5.41, 5.74) is 1.59. The number of ether oxygens (including phenoxy) is 2. The van der Waals surface area contributed by atoms with E-state index < -0.39 is 0 Å². The molecule has 0 fully saturated rings. The van der Waals surface area contributed by atoms with Crippen LogP contribution in [0.1, 0.15) is 31.3 Å². The maximum Gasteiger partial charge on any atom is 0.261 e. The number of anilines is 1. The van der Waals surface area contributed by atoms with Crippen molar-refractivity contribution in [1.82, 2.24) is 15.1 Å². The highest BCUT2D eigenvalue weighted by molar-refractivity contribution is 7.15. The molecule has 0 unspecified atom stereocenters. The Labute approximate surface area is 188 Å². The standard InChI is InChI=1S/C22H20N4O5S/c1-30-16-8-7-13(11-17(16)31-2)12-18(27)23-22-25-24-19(32-22)9-10-26-20(28)14-5-3-4-6-15(14)21(26)29/h3-8,11H,9-10,12H2,1-2H3,(H,23,25,27). The number of hydrogen-bond donors (Lipinski definition) is 1. The number of amides is 3. The Bertz CT molecular complexity index is 1160. The van der Waals surface area contributed by atoms with Crippen molar-refractivity contribution in [1.29, 1.82) is 0 Å². The molecule has 0 aliphatic carbocycles. The number of carbonyl (C=O) groups is 3. The second kappa shape index (κ2) is 9.15. The lowest BCUT2D eigenvalue weighted by atomic mass is 10.1. The number of methoxy groups -OCH3 is 2. The zero-order valence-corrected chi connectivity index (χ0v) is 18.3. The number of aromatic nitrogens is 2. The van der Waals surface area contributed by atoms with Gasteiger partial charge in [0.1, 0.15) is 5.01 Å². The number of nitrogens with zero attached hydrogens (tertiary/aromatic N) is 3. The monoisotopic (exact) mass is 452 g/mol. The Hall–Kier alpha value is -3.79. The van der Waals surface area contributed by atoms with E-state index in [1.807, 2.05) is 0 Å². The van der Waals surface area contributed by atoms with Crippen LogP contribution in [0.25, 0.3) is 0 Å². The van der Waals surface area contributed by atoms with E-state index in [2.05, 4.69) is 15.5 Å². The number of benzene rings is 2. The van der Waals surface area contributed by atoms with E-state index in [0.29, 0.717) is 39.2 Å². The van der Waals surface area contributed by atoms with Gasteiger partial charge >= 0.3 is 0 Å². The highest BCUT2D eigenvalue weighted by atomic mass is 32.1. The quantitative estimate of drug-likeness (QED) is 0.523. The second-order valence-electron chi connectivity index (χ2n) is 6.97. The van der Waals surface area contributed by atoms with E-state index in [9.17, 15) is 14.4 Å². The molecule has 2 heterocycles. The summed E-state index contributed by atoms with van der Waals surface area (Å²) < 4.78 is 10.5. The summed E-state index contributed by atoms with van der Waals surface area (Å²) in [4.78, 5) is 38.5. The summed E-state index contributed by atoms with van der Waals surface area (Å²) in [7, 11) is 3.08. The van der Waals surface area contributed by atoms with Gasteiger partial charge in [0.05, 0.1) is 31.8 Å². The minimum absolute atomic E-state index is 0.129. The van der Waals surface area contributed by atoms with Crippen LogP contribution in [-0.2, 0) is 17.6 Å². The first-order valence-electron chi connectivity index (χ1n) is 9.78. The van der Waals surface area contributed by atoms with Crippen molar-refractivity contribution in [3.63, 3.8) is 0 Å². The van der Waals surface area contributed by atoms with Crippen LogP contribution in [0.15, 0.2) is 42.5 Å². The van der Waals surface area contributed by atoms with Crippen molar-refractivity contribution in [2.75, 3.05) is 26.1 Å². The molecule has 3 amide bonds. The van der Waals surface area contributed by atoms with Crippen LogP contribution in [0.5, 0.6) is 11.5 Å². The van der Waals surface area contributed by atoms with Gasteiger partial charge in [-0.15, -0.1) is 10.2 Å². The number of carbonyl (C=O) groups excluding carboxylic acids is 3. The molecular weight excluding hydrogens is 432 g/mol. The van der Waals surface area contributed by atoms with Gasteiger partial charge in [0.25, 0.3) is 11.8 Å². The van der Waals surface area contributed by atoms with Gasteiger partial charge in [-0.1, -0.05) is 29.5 Å². The summed E-state index contributed by atoms with van der Waals surface area (Å²) in [5.74, 6) is 0.269. The molecule has 3 aromatic rings. The van der Waals surface area contributed by atoms with E-state index in [4.69, 9.17) is 9.47 Å². The topological polar surface area (TPSA) is 111 Å². The van der Waals surface area contributed by atoms with Gasteiger partial charge in [-0.2, -0.15) is 0 Å². The molecule has 4 rings (SSSR count). The maximum atomic E-state index is 12.4. The Morgan fingerprint density at radius 2 is 1.69 bits per heavy atom. The van der Waals surface area contributed by atoms with Crippen LogP contribution in [-0.4, -0.2) is 53.6 Å². The molecule has 0 saturated carbocycles. The van der Waals surface area contributed by atoms with Crippen LogP contribution >= 0.6 is 11.3 Å². The molecule has 1 aliphatic rings. The molecule has 1 N–H and O–H groups in total. The van der Waals surface area contributed by atoms with Crippen molar-refractivity contribution in [2.45, 2.75) is 12.8 Å². The summed E-state index contributed by atoms with van der Waals surface area (Å²) in [6.07, 6.45) is 0.485.